The second kappa shape index (κ2) is 8.64. The van der Waals surface area contributed by atoms with E-state index in [-0.39, 0.29) is 0 Å². The predicted molar refractivity (Wildman–Crippen MR) is 99.9 cm³/mol. The zero-order valence-electron chi connectivity index (χ0n) is 14.0. The molecule has 5 nitrogen and oxygen atoms in total. The third kappa shape index (κ3) is 6.00. The van der Waals surface area contributed by atoms with E-state index in [1.165, 1.54) is 11.1 Å². The van der Waals surface area contributed by atoms with E-state index in [0.717, 1.165) is 31.9 Å². The van der Waals surface area contributed by atoms with E-state index in [2.05, 4.69) is 65.9 Å². The highest BCUT2D eigenvalue weighted by Gasteiger charge is 2.03. The van der Waals surface area contributed by atoms with Crippen LogP contribution in [0.15, 0.2) is 36.5 Å². The summed E-state index contributed by atoms with van der Waals surface area (Å²) in [5.41, 5.74) is 2.54. The lowest BCUT2D eigenvalue weighted by atomic mass is 10.1. The van der Waals surface area contributed by atoms with E-state index in [0.29, 0.717) is 5.11 Å². The quantitative estimate of drug-likeness (QED) is 0.603. The van der Waals surface area contributed by atoms with E-state index in [1.54, 1.807) is 0 Å². The Hall–Kier alpha value is -1.92. The summed E-state index contributed by atoms with van der Waals surface area (Å²) in [6.07, 6.45) is 3.01. The first-order valence-corrected chi connectivity index (χ1v) is 8.23. The van der Waals surface area contributed by atoms with Gasteiger partial charge in [0.2, 0.25) is 0 Å². The normalized spacial score (nSPS) is 10.8. The number of hydrogen-bond donors (Lipinski definition) is 2. The van der Waals surface area contributed by atoms with Crippen molar-refractivity contribution < 1.29 is 0 Å². The van der Waals surface area contributed by atoms with E-state index in [1.807, 2.05) is 16.9 Å². The molecule has 0 unspecified atom stereocenters. The van der Waals surface area contributed by atoms with Crippen molar-refractivity contribution in [1.82, 2.24) is 20.0 Å². The fourth-order valence-electron chi connectivity index (χ4n) is 2.24. The van der Waals surface area contributed by atoms with Gasteiger partial charge in [-0.2, -0.15) is 5.10 Å². The SMILES string of the molecule is Cc1ccccc1Cn1ccc(NC(=S)NCCCN(C)C)n1. The van der Waals surface area contributed by atoms with Crippen LogP contribution in [0.4, 0.5) is 5.82 Å². The number of rotatable bonds is 7. The van der Waals surface area contributed by atoms with Gasteiger partial charge in [-0.25, -0.2) is 0 Å². The van der Waals surface area contributed by atoms with Gasteiger partial charge in [0.1, 0.15) is 0 Å². The molecule has 0 aliphatic heterocycles. The maximum absolute atomic E-state index is 5.29. The van der Waals surface area contributed by atoms with Crippen molar-refractivity contribution in [3.05, 3.63) is 47.7 Å². The molecule has 2 rings (SSSR count). The molecule has 0 amide bonds. The lowest BCUT2D eigenvalue weighted by Crippen LogP contribution is -2.31. The van der Waals surface area contributed by atoms with E-state index in [9.17, 15) is 0 Å². The number of nitrogens with one attached hydrogen (secondary N) is 2. The average molecular weight is 331 g/mol. The molecule has 0 spiro atoms. The maximum atomic E-state index is 5.29. The van der Waals surface area contributed by atoms with Gasteiger partial charge in [-0.05, 0) is 57.3 Å². The summed E-state index contributed by atoms with van der Waals surface area (Å²) >= 11 is 5.29. The summed E-state index contributed by atoms with van der Waals surface area (Å²) in [5, 5.41) is 11.5. The lowest BCUT2D eigenvalue weighted by molar-refractivity contribution is 0.400. The van der Waals surface area contributed by atoms with Crippen molar-refractivity contribution in [2.75, 3.05) is 32.5 Å². The third-order valence-electron chi connectivity index (χ3n) is 3.54. The van der Waals surface area contributed by atoms with Gasteiger partial charge in [0, 0.05) is 18.8 Å². The van der Waals surface area contributed by atoms with Crippen LogP contribution < -0.4 is 10.6 Å². The first-order chi connectivity index (χ1) is 11.0. The first-order valence-electron chi connectivity index (χ1n) is 7.82. The van der Waals surface area contributed by atoms with Gasteiger partial charge >= 0.3 is 0 Å². The second-order valence-corrected chi connectivity index (χ2v) is 6.27. The van der Waals surface area contributed by atoms with Crippen LogP contribution in [-0.2, 0) is 6.54 Å². The van der Waals surface area contributed by atoms with E-state index < -0.39 is 0 Å². The first kappa shape index (κ1) is 17.4. The second-order valence-electron chi connectivity index (χ2n) is 5.86. The van der Waals surface area contributed by atoms with Gasteiger partial charge in [0.15, 0.2) is 10.9 Å². The van der Waals surface area contributed by atoms with Crippen LogP contribution in [0.25, 0.3) is 0 Å². The standard InChI is InChI=1S/C17H25N5S/c1-14-7-4-5-8-15(14)13-22-12-9-16(20-22)19-17(23)18-10-6-11-21(2)3/h4-5,7-9,12H,6,10-11,13H2,1-3H3,(H2,18,19,20,23). The summed E-state index contributed by atoms with van der Waals surface area (Å²) in [6.45, 7) is 4.77. The van der Waals surface area contributed by atoms with Crippen molar-refractivity contribution >= 4 is 23.1 Å². The minimum atomic E-state index is 0.616. The van der Waals surface area contributed by atoms with Gasteiger partial charge in [0.25, 0.3) is 0 Å². The summed E-state index contributed by atoms with van der Waals surface area (Å²) in [4.78, 5) is 2.16. The highest BCUT2D eigenvalue weighted by Crippen LogP contribution is 2.10. The molecule has 6 heteroatoms. The molecular formula is C17H25N5S. The smallest absolute Gasteiger partial charge is 0.171 e. The molecule has 2 aromatic rings. The fourth-order valence-corrected chi connectivity index (χ4v) is 2.44. The Morgan fingerprint density at radius 2 is 2.04 bits per heavy atom. The summed E-state index contributed by atoms with van der Waals surface area (Å²) in [5.74, 6) is 0.767. The van der Waals surface area contributed by atoms with Crippen LogP contribution in [0.5, 0.6) is 0 Å². The van der Waals surface area contributed by atoms with Crippen LogP contribution in [0.3, 0.4) is 0 Å². The zero-order chi connectivity index (χ0) is 16.7. The van der Waals surface area contributed by atoms with Crippen LogP contribution >= 0.6 is 12.2 Å². The van der Waals surface area contributed by atoms with Crippen LogP contribution in [0.2, 0.25) is 0 Å². The van der Waals surface area contributed by atoms with E-state index >= 15 is 0 Å². The average Bonchev–Trinajstić information content (AvgIpc) is 2.93. The Kier molecular flexibility index (Phi) is 6.55. The van der Waals surface area contributed by atoms with Gasteiger partial charge < -0.3 is 15.5 Å². The summed E-state index contributed by atoms with van der Waals surface area (Å²) in [6, 6.07) is 10.3. The van der Waals surface area contributed by atoms with Crippen LogP contribution in [0, 0.1) is 6.92 Å². The molecular weight excluding hydrogens is 306 g/mol. The highest BCUT2D eigenvalue weighted by atomic mass is 32.1. The Bertz CT molecular complexity index is 635. The van der Waals surface area contributed by atoms with Gasteiger partial charge in [-0.1, -0.05) is 24.3 Å². The highest BCUT2D eigenvalue weighted by molar-refractivity contribution is 7.80. The monoisotopic (exact) mass is 331 g/mol. The number of benzene rings is 1. The number of aromatic nitrogens is 2. The summed E-state index contributed by atoms with van der Waals surface area (Å²) in [7, 11) is 4.13. The Morgan fingerprint density at radius 3 is 2.78 bits per heavy atom. The van der Waals surface area contributed by atoms with Crippen molar-refractivity contribution in [1.29, 1.82) is 0 Å². The molecule has 0 radical (unpaired) electrons. The number of aryl methyl sites for hydroxylation is 1. The van der Waals surface area contributed by atoms with Gasteiger partial charge in [0.05, 0.1) is 6.54 Å². The largest absolute Gasteiger partial charge is 0.362 e. The predicted octanol–water partition coefficient (Wildman–Crippen LogP) is 2.48. The Labute approximate surface area is 143 Å². The van der Waals surface area contributed by atoms with Crippen LogP contribution in [0.1, 0.15) is 17.5 Å². The summed E-state index contributed by atoms with van der Waals surface area (Å²) < 4.78 is 1.92. The van der Waals surface area contributed by atoms with Gasteiger partial charge in [-0.3, -0.25) is 4.68 Å². The Morgan fingerprint density at radius 1 is 1.26 bits per heavy atom. The van der Waals surface area contributed by atoms with E-state index in [4.69, 9.17) is 12.2 Å². The molecule has 0 aliphatic rings. The maximum Gasteiger partial charge on any atom is 0.171 e. The molecule has 124 valence electrons. The van der Waals surface area contributed by atoms with Crippen molar-refractivity contribution in [3.63, 3.8) is 0 Å². The van der Waals surface area contributed by atoms with Crippen molar-refractivity contribution in [2.24, 2.45) is 0 Å². The molecule has 1 aromatic heterocycles. The van der Waals surface area contributed by atoms with Crippen LogP contribution in [-0.4, -0.2) is 47.0 Å². The molecule has 0 bridgehead atoms. The third-order valence-corrected chi connectivity index (χ3v) is 3.79. The fraction of sp³-hybridized carbons (Fsp3) is 0.412. The molecule has 0 fully saturated rings. The molecule has 0 aliphatic carbocycles. The number of thiocarbonyl (C=S) groups is 1. The minimum Gasteiger partial charge on any atom is -0.362 e. The Balaban J connectivity index is 1.80. The molecule has 1 aromatic carbocycles. The van der Waals surface area contributed by atoms with Crippen molar-refractivity contribution in [2.45, 2.75) is 19.9 Å². The molecule has 23 heavy (non-hydrogen) atoms. The minimum absolute atomic E-state index is 0.616. The molecule has 0 saturated carbocycles. The number of nitrogens with zero attached hydrogens (tertiary/aromatic N) is 3. The molecule has 1 heterocycles. The molecule has 0 atom stereocenters. The lowest BCUT2D eigenvalue weighted by Gasteiger charge is -2.11. The molecule has 0 saturated heterocycles. The van der Waals surface area contributed by atoms with Crippen molar-refractivity contribution in [3.8, 4) is 0 Å². The number of anilines is 1. The molecule has 2 N–H and O–H groups in total. The number of hydrogen-bond acceptors (Lipinski definition) is 3. The topological polar surface area (TPSA) is 45.1 Å². The zero-order valence-corrected chi connectivity index (χ0v) is 14.9. The van der Waals surface area contributed by atoms with Gasteiger partial charge in [-0.15, -0.1) is 0 Å².